The number of hydrogen-bond acceptors (Lipinski definition) is 7. The van der Waals surface area contributed by atoms with E-state index >= 15 is 0 Å². The Kier molecular flexibility index (Phi) is 6.23. The number of benzene rings is 2. The lowest BCUT2D eigenvalue weighted by Gasteiger charge is -2.23. The first-order chi connectivity index (χ1) is 14.4. The Hall–Kier alpha value is -3.99. The predicted molar refractivity (Wildman–Crippen MR) is 109 cm³/mol. The number of sulfonamides is 1. The van der Waals surface area contributed by atoms with E-state index < -0.39 is 33.1 Å². The van der Waals surface area contributed by atoms with Crippen LogP contribution in [0.4, 0.5) is 11.4 Å². The molecule has 0 aliphatic carbocycles. The second kappa shape index (κ2) is 9.01. The minimum atomic E-state index is -4.28. The highest BCUT2D eigenvalue weighted by molar-refractivity contribution is 7.92. The molecular formula is C19H16N4O6S. The second-order valence-corrected chi connectivity index (χ2v) is 7.74. The zero-order valence-electron chi connectivity index (χ0n) is 15.4. The summed E-state index contributed by atoms with van der Waals surface area (Å²) in [6, 6.07) is 15.8. The molecule has 0 aliphatic rings. The first kappa shape index (κ1) is 20.7. The van der Waals surface area contributed by atoms with Gasteiger partial charge in [0.1, 0.15) is 18.0 Å². The highest BCUT2D eigenvalue weighted by atomic mass is 32.2. The first-order valence-corrected chi connectivity index (χ1v) is 10.0. The number of anilines is 1. The Morgan fingerprint density at radius 1 is 1.10 bits per heavy atom. The van der Waals surface area contributed by atoms with Crippen LogP contribution in [0.25, 0.3) is 0 Å². The summed E-state index contributed by atoms with van der Waals surface area (Å²) in [6.45, 7) is -0.725. The number of rotatable bonds is 8. The summed E-state index contributed by atoms with van der Waals surface area (Å²) in [5.74, 6) is -0.418. The second-order valence-electron chi connectivity index (χ2n) is 5.88. The Morgan fingerprint density at radius 2 is 1.80 bits per heavy atom. The largest absolute Gasteiger partial charge is 0.463 e. The van der Waals surface area contributed by atoms with Crippen molar-refractivity contribution in [1.29, 1.82) is 0 Å². The molecule has 30 heavy (non-hydrogen) atoms. The number of carbonyl (C=O) groups is 1. The molecule has 1 heterocycles. The minimum absolute atomic E-state index is 0.116. The van der Waals surface area contributed by atoms with Crippen molar-refractivity contribution in [3.05, 3.63) is 88.9 Å². The molecule has 154 valence electrons. The standard InChI is InChI=1S/C19H16N4O6S/c24-19(21-20-13-15-7-6-12-29-15)14-22(17-10-4-5-11-18(17)23(25)26)30(27,28)16-8-2-1-3-9-16/h1-13H,14H2,(H,21,24)/b20-13-. The summed E-state index contributed by atoms with van der Waals surface area (Å²) >= 11 is 0. The lowest BCUT2D eigenvalue weighted by atomic mass is 10.2. The van der Waals surface area contributed by atoms with E-state index in [0.29, 0.717) is 10.1 Å². The monoisotopic (exact) mass is 428 g/mol. The van der Waals surface area contributed by atoms with E-state index in [2.05, 4.69) is 10.5 Å². The highest BCUT2D eigenvalue weighted by Gasteiger charge is 2.31. The molecule has 0 fully saturated rings. The van der Waals surface area contributed by atoms with Crippen LogP contribution < -0.4 is 9.73 Å². The Bertz CT molecular complexity index is 1160. The van der Waals surface area contributed by atoms with Gasteiger partial charge in [0, 0.05) is 6.07 Å². The van der Waals surface area contributed by atoms with Crippen molar-refractivity contribution in [3.8, 4) is 0 Å². The molecule has 0 atom stereocenters. The minimum Gasteiger partial charge on any atom is -0.463 e. The van der Waals surface area contributed by atoms with E-state index in [0.717, 1.165) is 6.07 Å². The molecule has 0 saturated carbocycles. The van der Waals surface area contributed by atoms with E-state index in [4.69, 9.17) is 4.42 Å². The third-order valence-electron chi connectivity index (χ3n) is 3.89. The van der Waals surface area contributed by atoms with Crippen molar-refractivity contribution in [1.82, 2.24) is 5.43 Å². The average Bonchev–Trinajstić information content (AvgIpc) is 3.26. The van der Waals surface area contributed by atoms with Crippen molar-refractivity contribution >= 4 is 33.5 Å². The number of nitro groups is 1. The Labute approximate surface area is 171 Å². The fourth-order valence-electron chi connectivity index (χ4n) is 2.55. The summed E-state index contributed by atoms with van der Waals surface area (Å²) in [6.07, 6.45) is 2.66. The lowest BCUT2D eigenvalue weighted by molar-refractivity contribution is -0.384. The average molecular weight is 428 g/mol. The topological polar surface area (TPSA) is 135 Å². The fourth-order valence-corrected chi connectivity index (χ4v) is 4.00. The summed E-state index contributed by atoms with van der Waals surface area (Å²) in [5.41, 5.74) is 1.49. The van der Waals surface area contributed by atoms with Crippen molar-refractivity contribution < 1.29 is 22.6 Å². The van der Waals surface area contributed by atoms with Gasteiger partial charge in [-0.3, -0.25) is 14.9 Å². The quantitative estimate of drug-likeness (QED) is 0.333. The van der Waals surface area contributed by atoms with Gasteiger partial charge in [-0.15, -0.1) is 0 Å². The van der Waals surface area contributed by atoms with Crippen LogP contribution in [0, 0.1) is 10.1 Å². The van der Waals surface area contributed by atoms with Crippen molar-refractivity contribution in [3.63, 3.8) is 0 Å². The number of hydrazone groups is 1. The van der Waals surface area contributed by atoms with Crippen LogP contribution in [0.2, 0.25) is 0 Å². The number of nitrogens with zero attached hydrogens (tertiary/aromatic N) is 3. The van der Waals surface area contributed by atoms with Gasteiger partial charge >= 0.3 is 0 Å². The van der Waals surface area contributed by atoms with E-state index in [1.807, 2.05) is 0 Å². The molecule has 0 unspecified atom stereocenters. The van der Waals surface area contributed by atoms with Crippen molar-refractivity contribution in [2.45, 2.75) is 4.90 Å². The summed E-state index contributed by atoms with van der Waals surface area (Å²) in [5, 5.41) is 15.1. The number of amides is 1. The van der Waals surface area contributed by atoms with Gasteiger partial charge in [-0.1, -0.05) is 30.3 Å². The zero-order chi connectivity index (χ0) is 21.6. The molecule has 0 spiro atoms. The van der Waals surface area contributed by atoms with Crippen molar-refractivity contribution in [2.75, 3.05) is 10.8 Å². The molecule has 0 bridgehead atoms. The molecule has 1 N–H and O–H groups in total. The molecule has 0 saturated heterocycles. The van der Waals surface area contributed by atoms with Gasteiger partial charge in [-0.05, 0) is 30.3 Å². The molecule has 0 radical (unpaired) electrons. The lowest BCUT2D eigenvalue weighted by Crippen LogP contribution is -2.39. The van der Waals surface area contributed by atoms with Gasteiger partial charge in [0.05, 0.1) is 22.3 Å². The molecule has 11 heteroatoms. The molecular weight excluding hydrogens is 412 g/mol. The fraction of sp³-hybridized carbons (Fsp3) is 0.0526. The number of nitrogens with one attached hydrogen (secondary N) is 1. The van der Waals surface area contributed by atoms with Crippen LogP contribution in [0.1, 0.15) is 5.76 Å². The maximum absolute atomic E-state index is 13.2. The third-order valence-corrected chi connectivity index (χ3v) is 5.66. The van der Waals surface area contributed by atoms with Gasteiger partial charge in [0.25, 0.3) is 21.6 Å². The molecule has 2 aromatic carbocycles. The Morgan fingerprint density at radius 3 is 2.47 bits per heavy atom. The number of para-hydroxylation sites is 2. The predicted octanol–water partition coefficient (Wildman–Crippen LogP) is 2.53. The zero-order valence-corrected chi connectivity index (χ0v) is 16.2. The van der Waals surface area contributed by atoms with Crippen LogP contribution in [-0.2, 0) is 14.8 Å². The first-order valence-electron chi connectivity index (χ1n) is 8.56. The molecule has 10 nitrogen and oxygen atoms in total. The molecule has 0 aliphatic heterocycles. The van der Waals surface area contributed by atoms with Crippen molar-refractivity contribution in [2.24, 2.45) is 5.10 Å². The molecule has 3 rings (SSSR count). The number of hydrogen-bond donors (Lipinski definition) is 1. The summed E-state index contributed by atoms with van der Waals surface area (Å²) in [7, 11) is -4.28. The van der Waals surface area contributed by atoms with E-state index in [9.17, 15) is 23.3 Å². The maximum Gasteiger partial charge on any atom is 0.293 e. The van der Waals surface area contributed by atoms with Gasteiger partial charge < -0.3 is 4.42 Å². The van der Waals surface area contributed by atoms with E-state index in [1.54, 1.807) is 18.2 Å². The van der Waals surface area contributed by atoms with E-state index in [-0.39, 0.29) is 10.6 Å². The molecule has 1 amide bonds. The molecule has 3 aromatic rings. The molecule has 1 aromatic heterocycles. The van der Waals surface area contributed by atoms with Gasteiger partial charge in [0.2, 0.25) is 0 Å². The Balaban J connectivity index is 1.94. The van der Waals surface area contributed by atoms with Gasteiger partial charge in [-0.25, -0.2) is 18.1 Å². The van der Waals surface area contributed by atoms with Crippen LogP contribution in [-0.4, -0.2) is 32.0 Å². The van der Waals surface area contributed by atoms with Crippen LogP contribution >= 0.6 is 0 Å². The normalized spacial score (nSPS) is 11.3. The number of carbonyl (C=O) groups excluding carboxylic acids is 1. The van der Waals surface area contributed by atoms with Gasteiger partial charge in [-0.2, -0.15) is 5.10 Å². The number of furan rings is 1. The summed E-state index contributed by atoms with van der Waals surface area (Å²) < 4.78 is 32.1. The van der Waals surface area contributed by atoms with Crippen LogP contribution in [0.5, 0.6) is 0 Å². The highest BCUT2D eigenvalue weighted by Crippen LogP contribution is 2.31. The van der Waals surface area contributed by atoms with Crippen LogP contribution in [0.15, 0.2) is 87.4 Å². The van der Waals surface area contributed by atoms with E-state index in [1.165, 1.54) is 54.9 Å². The van der Waals surface area contributed by atoms with Gasteiger partial charge in [0.15, 0.2) is 0 Å². The summed E-state index contributed by atoms with van der Waals surface area (Å²) in [4.78, 5) is 23.0. The smallest absolute Gasteiger partial charge is 0.293 e. The van der Waals surface area contributed by atoms with Crippen LogP contribution in [0.3, 0.4) is 0 Å². The third kappa shape index (κ3) is 4.70. The maximum atomic E-state index is 13.2. The SMILES string of the molecule is O=C(CN(c1ccccc1[N+](=O)[O-])S(=O)(=O)c1ccccc1)N/N=C\c1ccco1. The number of nitro benzene ring substituents is 1.